The van der Waals surface area contributed by atoms with E-state index >= 15 is 0 Å². The number of amides is 1. The van der Waals surface area contributed by atoms with Crippen LogP contribution < -0.4 is 5.32 Å². The minimum atomic E-state index is -3.88. The van der Waals surface area contributed by atoms with Gasteiger partial charge >= 0.3 is 0 Å². The van der Waals surface area contributed by atoms with E-state index in [1.807, 2.05) is 0 Å². The first-order valence-corrected chi connectivity index (χ1v) is 8.24. The summed E-state index contributed by atoms with van der Waals surface area (Å²) < 4.78 is 50.4. The highest BCUT2D eigenvalue weighted by atomic mass is 35.5. The van der Waals surface area contributed by atoms with Crippen LogP contribution in [-0.4, -0.2) is 14.3 Å². The third-order valence-electron chi connectivity index (χ3n) is 3.27. The fourth-order valence-electron chi connectivity index (χ4n) is 2.22. The molecule has 1 aliphatic rings. The lowest BCUT2D eigenvalue weighted by atomic mass is 10.1. The average Bonchev–Trinajstić information content (AvgIpc) is 2.80. The molecule has 0 fully saturated rings. The molecule has 0 unspecified atom stereocenters. The molecule has 2 aromatic rings. The van der Waals surface area contributed by atoms with Crippen LogP contribution in [0.4, 0.5) is 14.5 Å². The van der Waals surface area contributed by atoms with Crippen molar-refractivity contribution >= 4 is 39.1 Å². The SMILES string of the molecule is O=C(Nc1ccc(F)c(Cl)c1)c1ccc(F)c2c1C=CS2(=O)=O. The second kappa shape index (κ2) is 5.43. The Morgan fingerprint density at radius 1 is 1.09 bits per heavy atom. The predicted octanol–water partition coefficient (Wildman–Crippen LogP) is 3.63. The van der Waals surface area contributed by atoms with Gasteiger partial charge in [-0.25, -0.2) is 17.2 Å². The van der Waals surface area contributed by atoms with Crippen LogP contribution in [0.3, 0.4) is 0 Å². The van der Waals surface area contributed by atoms with Crippen LogP contribution in [0.1, 0.15) is 15.9 Å². The van der Waals surface area contributed by atoms with Gasteiger partial charge in [0, 0.05) is 22.2 Å². The van der Waals surface area contributed by atoms with Crippen molar-refractivity contribution in [1.82, 2.24) is 0 Å². The van der Waals surface area contributed by atoms with E-state index in [9.17, 15) is 22.0 Å². The maximum absolute atomic E-state index is 13.7. The second-order valence-corrected chi connectivity index (χ2v) is 6.95. The van der Waals surface area contributed by atoms with Crippen LogP contribution in [-0.2, 0) is 9.84 Å². The van der Waals surface area contributed by atoms with Gasteiger partial charge in [0.2, 0.25) is 9.84 Å². The van der Waals surface area contributed by atoms with Gasteiger partial charge in [0.05, 0.1) is 5.02 Å². The molecular weight excluding hydrogens is 348 g/mol. The van der Waals surface area contributed by atoms with Gasteiger partial charge in [-0.2, -0.15) is 0 Å². The van der Waals surface area contributed by atoms with Gasteiger partial charge in [-0.1, -0.05) is 11.6 Å². The van der Waals surface area contributed by atoms with E-state index < -0.39 is 32.3 Å². The largest absolute Gasteiger partial charge is 0.322 e. The van der Waals surface area contributed by atoms with Crippen molar-refractivity contribution in [1.29, 1.82) is 0 Å². The van der Waals surface area contributed by atoms with Gasteiger partial charge in [0.1, 0.15) is 16.5 Å². The number of hydrogen-bond acceptors (Lipinski definition) is 3. The highest BCUT2D eigenvalue weighted by Gasteiger charge is 2.29. The lowest BCUT2D eigenvalue weighted by Gasteiger charge is -2.09. The Kier molecular flexibility index (Phi) is 3.69. The molecule has 1 amide bonds. The maximum atomic E-state index is 13.7. The molecule has 8 heteroatoms. The lowest BCUT2D eigenvalue weighted by Crippen LogP contribution is -2.14. The van der Waals surface area contributed by atoms with E-state index in [1.165, 1.54) is 24.3 Å². The Morgan fingerprint density at radius 2 is 1.78 bits per heavy atom. The zero-order valence-corrected chi connectivity index (χ0v) is 12.9. The monoisotopic (exact) mass is 355 g/mol. The van der Waals surface area contributed by atoms with Gasteiger partial charge in [-0.15, -0.1) is 0 Å². The zero-order valence-electron chi connectivity index (χ0n) is 11.3. The van der Waals surface area contributed by atoms with E-state index in [4.69, 9.17) is 11.6 Å². The summed E-state index contributed by atoms with van der Waals surface area (Å²) in [6, 6.07) is 5.69. The van der Waals surface area contributed by atoms with Crippen molar-refractivity contribution < 1.29 is 22.0 Å². The standard InChI is InChI=1S/C15H8ClF2NO3S/c16-11-7-8(1-3-12(11)17)19-15(20)10-2-4-13(18)14-9(10)5-6-23(14,21)22/h1-7H,(H,19,20). The third kappa shape index (κ3) is 2.73. The predicted molar refractivity (Wildman–Crippen MR) is 82.0 cm³/mol. The van der Waals surface area contributed by atoms with Crippen molar-refractivity contribution in [2.75, 3.05) is 5.32 Å². The number of anilines is 1. The first-order valence-electron chi connectivity index (χ1n) is 6.31. The number of carbonyl (C=O) groups is 1. The van der Waals surface area contributed by atoms with Crippen LogP contribution >= 0.6 is 11.6 Å². The molecule has 3 rings (SSSR count). The normalized spacial score (nSPS) is 14.6. The molecule has 0 atom stereocenters. The molecule has 0 radical (unpaired) electrons. The summed E-state index contributed by atoms with van der Waals surface area (Å²) in [6.45, 7) is 0. The van der Waals surface area contributed by atoms with E-state index in [0.717, 1.165) is 17.5 Å². The number of halogens is 3. The highest BCUT2D eigenvalue weighted by molar-refractivity contribution is 7.94. The highest BCUT2D eigenvalue weighted by Crippen LogP contribution is 2.32. The van der Waals surface area contributed by atoms with Gasteiger partial charge in [-0.3, -0.25) is 4.79 Å². The number of fused-ring (bicyclic) bond motifs is 1. The maximum Gasteiger partial charge on any atom is 0.256 e. The number of hydrogen-bond donors (Lipinski definition) is 1. The number of benzene rings is 2. The Labute approximate surface area is 135 Å². The summed E-state index contributed by atoms with van der Waals surface area (Å²) in [5, 5.41) is 3.13. The van der Waals surface area contributed by atoms with Crippen molar-refractivity contribution in [3.8, 4) is 0 Å². The Hall–Kier alpha value is -2.25. The van der Waals surface area contributed by atoms with Crippen LogP contribution in [0.2, 0.25) is 5.02 Å². The summed E-state index contributed by atoms with van der Waals surface area (Å²) >= 11 is 5.63. The first-order chi connectivity index (χ1) is 10.8. The van der Waals surface area contributed by atoms with E-state index in [2.05, 4.69) is 5.32 Å². The first kappa shape index (κ1) is 15.6. The van der Waals surface area contributed by atoms with Crippen molar-refractivity contribution in [3.05, 3.63) is 63.5 Å². The molecule has 0 saturated heterocycles. The second-order valence-electron chi connectivity index (χ2n) is 4.77. The minimum Gasteiger partial charge on any atom is -0.322 e. The van der Waals surface area contributed by atoms with Crippen LogP contribution in [0.15, 0.2) is 40.6 Å². The molecular formula is C15H8ClF2NO3S. The average molecular weight is 356 g/mol. The summed E-state index contributed by atoms with van der Waals surface area (Å²) in [4.78, 5) is 11.8. The van der Waals surface area contributed by atoms with Crippen molar-refractivity contribution in [2.24, 2.45) is 0 Å². The van der Waals surface area contributed by atoms with Crippen LogP contribution in [0.25, 0.3) is 6.08 Å². The molecule has 0 aliphatic carbocycles. The molecule has 4 nitrogen and oxygen atoms in total. The van der Waals surface area contributed by atoms with Gasteiger partial charge < -0.3 is 5.32 Å². The van der Waals surface area contributed by atoms with E-state index in [1.54, 1.807) is 0 Å². The summed E-state index contributed by atoms with van der Waals surface area (Å²) in [5.74, 6) is -2.22. The number of nitrogens with one attached hydrogen (secondary N) is 1. The van der Waals surface area contributed by atoms with Crippen LogP contribution in [0.5, 0.6) is 0 Å². The molecule has 118 valence electrons. The molecule has 1 heterocycles. The Balaban J connectivity index is 2.00. The van der Waals surface area contributed by atoms with Gasteiger partial charge in [0.15, 0.2) is 0 Å². The quantitative estimate of drug-likeness (QED) is 0.894. The van der Waals surface area contributed by atoms with Gasteiger partial charge in [-0.05, 0) is 36.4 Å². The molecule has 0 aromatic heterocycles. The summed E-state index contributed by atoms with van der Waals surface area (Å²) in [6.07, 6.45) is 1.17. The molecule has 0 spiro atoms. The molecule has 0 bridgehead atoms. The van der Waals surface area contributed by atoms with Gasteiger partial charge in [0.25, 0.3) is 5.91 Å². The minimum absolute atomic E-state index is 0.0147. The van der Waals surface area contributed by atoms with Crippen molar-refractivity contribution in [3.63, 3.8) is 0 Å². The summed E-state index contributed by atoms with van der Waals surface area (Å²) in [5.41, 5.74) is 0.194. The fraction of sp³-hybridized carbons (Fsp3) is 0. The van der Waals surface area contributed by atoms with Crippen LogP contribution in [0, 0.1) is 11.6 Å². The molecule has 1 aliphatic heterocycles. The third-order valence-corrected chi connectivity index (χ3v) is 5.04. The molecule has 1 N–H and O–H groups in total. The van der Waals surface area contributed by atoms with E-state index in [-0.39, 0.29) is 21.8 Å². The number of sulfone groups is 1. The fourth-order valence-corrected chi connectivity index (χ4v) is 3.68. The topological polar surface area (TPSA) is 63.2 Å². The number of rotatable bonds is 2. The van der Waals surface area contributed by atoms with Crippen molar-refractivity contribution in [2.45, 2.75) is 4.90 Å². The van der Waals surface area contributed by atoms with E-state index in [0.29, 0.717) is 0 Å². The lowest BCUT2D eigenvalue weighted by molar-refractivity contribution is 0.102. The molecule has 0 saturated carbocycles. The summed E-state index contributed by atoms with van der Waals surface area (Å²) in [7, 11) is -3.88. The zero-order chi connectivity index (χ0) is 16.8. The Morgan fingerprint density at radius 3 is 2.48 bits per heavy atom. The molecule has 2 aromatic carbocycles. The Bertz CT molecular complexity index is 971. The number of carbonyl (C=O) groups excluding carboxylic acids is 1. The molecule has 23 heavy (non-hydrogen) atoms. The smallest absolute Gasteiger partial charge is 0.256 e.